The van der Waals surface area contributed by atoms with E-state index in [4.69, 9.17) is 16.3 Å². The number of methoxy groups -OCH3 is 1. The minimum Gasteiger partial charge on any atom is -0.465 e. The van der Waals surface area contributed by atoms with Crippen LogP contribution in [0.5, 0.6) is 0 Å². The van der Waals surface area contributed by atoms with Gasteiger partial charge in [0.05, 0.1) is 17.7 Å². The number of halogens is 2. The van der Waals surface area contributed by atoms with E-state index in [-0.39, 0.29) is 5.02 Å². The van der Waals surface area contributed by atoms with Crippen molar-refractivity contribution in [3.63, 3.8) is 0 Å². The number of hydrogen-bond donors (Lipinski definition) is 0. The second-order valence-corrected chi connectivity index (χ2v) is 5.24. The number of ether oxygens (including phenoxy) is 1. The summed E-state index contributed by atoms with van der Waals surface area (Å²) in [4.78, 5) is 11.7. The molecular formula is C18H12ClFO2. The first-order valence-electron chi connectivity index (χ1n) is 6.67. The third-order valence-electron chi connectivity index (χ3n) is 3.55. The highest BCUT2D eigenvalue weighted by Gasteiger charge is 2.13. The van der Waals surface area contributed by atoms with Crippen LogP contribution in [0, 0.1) is 5.82 Å². The maximum atomic E-state index is 14.3. The van der Waals surface area contributed by atoms with E-state index in [1.54, 1.807) is 30.3 Å². The molecule has 0 saturated carbocycles. The molecule has 0 aliphatic heterocycles. The molecule has 0 N–H and O–H groups in total. The number of carbonyl (C=O) groups excluding carboxylic acids is 1. The number of carbonyl (C=O) groups is 1. The van der Waals surface area contributed by atoms with Crippen molar-refractivity contribution in [2.24, 2.45) is 0 Å². The monoisotopic (exact) mass is 314 g/mol. The van der Waals surface area contributed by atoms with Gasteiger partial charge in [0.2, 0.25) is 0 Å². The Hall–Kier alpha value is -2.39. The summed E-state index contributed by atoms with van der Waals surface area (Å²) in [6.45, 7) is 0. The van der Waals surface area contributed by atoms with Crippen molar-refractivity contribution in [2.45, 2.75) is 0 Å². The van der Waals surface area contributed by atoms with E-state index >= 15 is 0 Å². The lowest BCUT2D eigenvalue weighted by Gasteiger charge is -2.10. The summed E-state index contributed by atoms with van der Waals surface area (Å²) >= 11 is 5.87. The van der Waals surface area contributed by atoms with E-state index < -0.39 is 11.8 Å². The lowest BCUT2D eigenvalue weighted by Crippen LogP contribution is -2.00. The van der Waals surface area contributed by atoms with E-state index in [0.717, 1.165) is 10.8 Å². The normalized spacial score (nSPS) is 10.7. The van der Waals surface area contributed by atoms with E-state index in [9.17, 15) is 9.18 Å². The minimum absolute atomic E-state index is 0.0682. The molecule has 0 unspecified atom stereocenters. The Morgan fingerprint density at radius 3 is 2.55 bits per heavy atom. The second kappa shape index (κ2) is 5.78. The molecular weight excluding hydrogens is 303 g/mol. The standard InChI is InChI=1S/C18H12ClFO2/c1-22-18(21)12-9-8-11-4-2-5-13(15(11)10-12)14-6-3-7-16(19)17(14)20/h2-10H,1H3. The largest absolute Gasteiger partial charge is 0.465 e. The highest BCUT2D eigenvalue weighted by Crippen LogP contribution is 2.33. The number of benzene rings is 3. The van der Waals surface area contributed by atoms with Crippen LogP contribution in [0.15, 0.2) is 54.6 Å². The molecule has 0 aliphatic rings. The van der Waals surface area contributed by atoms with Gasteiger partial charge in [0.25, 0.3) is 0 Å². The van der Waals surface area contributed by atoms with Crippen LogP contribution in [-0.4, -0.2) is 13.1 Å². The predicted molar refractivity (Wildman–Crippen MR) is 85.7 cm³/mol. The summed E-state index contributed by atoms with van der Waals surface area (Å²) in [5.41, 5.74) is 1.51. The Morgan fingerprint density at radius 1 is 1.05 bits per heavy atom. The van der Waals surface area contributed by atoms with Crippen molar-refractivity contribution in [2.75, 3.05) is 7.11 Å². The molecule has 0 saturated heterocycles. The van der Waals surface area contributed by atoms with Gasteiger partial charge in [-0.05, 0) is 34.5 Å². The first-order valence-corrected chi connectivity index (χ1v) is 7.05. The van der Waals surface area contributed by atoms with Crippen molar-refractivity contribution in [3.8, 4) is 11.1 Å². The molecule has 0 bridgehead atoms. The topological polar surface area (TPSA) is 26.3 Å². The molecule has 0 fully saturated rings. The lowest BCUT2D eigenvalue weighted by molar-refractivity contribution is 0.0601. The van der Waals surface area contributed by atoms with Gasteiger partial charge in [0, 0.05) is 5.56 Å². The summed E-state index contributed by atoms with van der Waals surface area (Å²) in [5, 5.41) is 1.75. The number of esters is 1. The fourth-order valence-corrected chi connectivity index (χ4v) is 2.64. The van der Waals surface area contributed by atoms with Gasteiger partial charge in [-0.3, -0.25) is 0 Å². The molecule has 0 heterocycles. The summed E-state index contributed by atoms with van der Waals surface area (Å²) in [6.07, 6.45) is 0. The fourth-order valence-electron chi connectivity index (χ4n) is 2.46. The van der Waals surface area contributed by atoms with Crippen LogP contribution >= 0.6 is 11.6 Å². The molecule has 22 heavy (non-hydrogen) atoms. The van der Waals surface area contributed by atoms with E-state index in [0.29, 0.717) is 16.7 Å². The fraction of sp³-hybridized carbons (Fsp3) is 0.0556. The average Bonchev–Trinajstić information content (AvgIpc) is 2.55. The Kier molecular flexibility index (Phi) is 3.82. The van der Waals surface area contributed by atoms with Crippen molar-refractivity contribution in [1.82, 2.24) is 0 Å². The Morgan fingerprint density at radius 2 is 1.77 bits per heavy atom. The SMILES string of the molecule is COC(=O)c1ccc2cccc(-c3cccc(Cl)c3F)c2c1. The van der Waals surface area contributed by atoms with Gasteiger partial charge >= 0.3 is 5.97 Å². The summed E-state index contributed by atoms with van der Waals surface area (Å²) in [6, 6.07) is 15.6. The Bertz CT molecular complexity index is 874. The molecule has 0 aliphatic carbocycles. The molecule has 4 heteroatoms. The zero-order chi connectivity index (χ0) is 15.7. The van der Waals surface area contributed by atoms with Crippen LogP contribution in [0.25, 0.3) is 21.9 Å². The maximum Gasteiger partial charge on any atom is 0.337 e. The first-order chi connectivity index (χ1) is 10.6. The highest BCUT2D eigenvalue weighted by atomic mass is 35.5. The predicted octanol–water partition coefficient (Wildman–Crippen LogP) is 5.09. The van der Waals surface area contributed by atoms with Crippen molar-refractivity contribution in [1.29, 1.82) is 0 Å². The Balaban J connectivity index is 2.29. The van der Waals surface area contributed by atoms with Crippen LogP contribution in [0.2, 0.25) is 5.02 Å². The van der Waals surface area contributed by atoms with Gasteiger partial charge in [0.1, 0.15) is 5.82 Å². The van der Waals surface area contributed by atoms with Crippen molar-refractivity contribution in [3.05, 3.63) is 71.0 Å². The minimum atomic E-state index is -0.472. The van der Waals surface area contributed by atoms with Gasteiger partial charge in [-0.25, -0.2) is 9.18 Å². The smallest absolute Gasteiger partial charge is 0.337 e. The molecule has 3 rings (SSSR count). The van der Waals surface area contributed by atoms with E-state index in [1.807, 2.05) is 18.2 Å². The third kappa shape index (κ3) is 2.44. The average molecular weight is 315 g/mol. The van der Waals surface area contributed by atoms with Gasteiger partial charge in [-0.2, -0.15) is 0 Å². The summed E-state index contributed by atoms with van der Waals surface area (Å²) in [7, 11) is 1.33. The van der Waals surface area contributed by atoms with Crippen molar-refractivity contribution >= 4 is 28.3 Å². The molecule has 3 aromatic rings. The highest BCUT2D eigenvalue weighted by molar-refractivity contribution is 6.31. The van der Waals surface area contributed by atoms with Gasteiger partial charge < -0.3 is 4.74 Å². The molecule has 110 valence electrons. The molecule has 0 atom stereocenters. The van der Waals surface area contributed by atoms with E-state index in [2.05, 4.69) is 0 Å². The summed E-state index contributed by atoms with van der Waals surface area (Å²) < 4.78 is 19.1. The molecule has 2 nitrogen and oxygen atoms in total. The maximum absolute atomic E-state index is 14.3. The van der Waals surface area contributed by atoms with Crippen LogP contribution in [0.1, 0.15) is 10.4 Å². The summed E-state index contributed by atoms with van der Waals surface area (Å²) in [5.74, 6) is -0.900. The Labute approximate surface area is 132 Å². The molecule has 0 amide bonds. The number of fused-ring (bicyclic) bond motifs is 1. The van der Waals surface area contributed by atoms with Gasteiger partial charge in [-0.15, -0.1) is 0 Å². The van der Waals surface area contributed by atoms with Gasteiger partial charge in [0.15, 0.2) is 0 Å². The van der Waals surface area contributed by atoms with Crippen molar-refractivity contribution < 1.29 is 13.9 Å². The molecule has 0 radical (unpaired) electrons. The zero-order valence-electron chi connectivity index (χ0n) is 11.8. The van der Waals surface area contributed by atoms with Crippen LogP contribution < -0.4 is 0 Å². The quantitative estimate of drug-likeness (QED) is 0.616. The zero-order valence-corrected chi connectivity index (χ0v) is 12.5. The van der Waals surface area contributed by atoms with Crippen LogP contribution in [0.3, 0.4) is 0 Å². The van der Waals surface area contributed by atoms with Crippen LogP contribution in [0.4, 0.5) is 4.39 Å². The van der Waals surface area contributed by atoms with Crippen LogP contribution in [-0.2, 0) is 4.74 Å². The number of rotatable bonds is 2. The third-order valence-corrected chi connectivity index (χ3v) is 3.84. The molecule has 0 spiro atoms. The lowest BCUT2D eigenvalue weighted by atomic mass is 9.96. The molecule has 0 aromatic heterocycles. The second-order valence-electron chi connectivity index (χ2n) is 4.83. The first kappa shape index (κ1) is 14.5. The van der Waals surface area contributed by atoms with Gasteiger partial charge in [-0.1, -0.05) is 48.0 Å². The van der Waals surface area contributed by atoms with E-state index in [1.165, 1.54) is 13.2 Å². The number of hydrogen-bond acceptors (Lipinski definition) is 2. The molecule has 3 aromatic carbocycles.